The molecule has 2 aliphatic rings. The van der Waals surface area contributed by atoms with Gasteiger partial charge < -0.3 is 9.84 Å². The number of rotatable bonds is 5. The number of ether oxygens (including phenoxy) is 1. The van der Waals surface area contributed by atoms with Gasteiger partial charge in [-0.1, -0.05) is 60.1 Å². The highest BCUT2D eigenvalue weighted by molar-refractivity contribution is 7.90. The fourth-order valence-corrected chi connectivity index (χ4v) is 4.77. The molecule has 32 heavy (non-hydrogen) atoms. The standard InChI is InChI=1S/C25H19ClO5S/c1-31-21-13-10-16(14-20(21)26)22-18-6-4-3-5-7-19(18)24(25(27)28)23(22)15-8-11-17(12-9-15)32(2,29)30/h3-14H,1-2H3,(H,27,28). The molecule has 0 spiro atoms. The average Bonchev–Trinajstić information content (AvgIpc) is 2.89. The van der Waals surface area contributed by atoms with Crippen molar-refractivity contribution in [3.05, 3.63) is 83.4 Å². The highest BCUT2D eigenvalue weighted by Gasteiger charge is 2.29. The second-order valence-corrected chi connectivity index (χ2v) is 9.74. The predicted molar refractivity (Wildman–Crippen MR) is 126 cm³/mol. The summed E-state index contributed by atoms with van der Waals surface area (Å²) in [7, 11) is -1.86. The Hall–Kier alpha value is -3.35. The van der Waals surface area contributed by atoms with Gasteiger partial charge in [0.25, 0.3) is 0 Å². The Balaban J connectivity index is 2.10. The molecule has 0 saturated heterocycles. The van der Waals surface area contributed by atoms with Crippen LogP contribution in [-0.2, 0) is 9.84 Å². The Morgan fingerprint density at radius 2 is 1.50 bits per heavy atom. The van der Waals surface area contributed by atoms with E-state index in [1.165, 1.54) is 19.2 Å². The van der Waals surface area contributed by atoms with Crippen LogP contribution in [0.5, 0.6) is 5.75 Å². The first-order valence-electron chi connectivity index (χ1n) is 9.64. The van der Waals surface area contributed by atoms with E-state index in [1.54, 1.807) is 36.4 Å². The second-order valence-electron chi connectivity index (χ2n) is 7.31. The van der Waals surface area contributed by atoms with E-state index in [-0.39, 0.29) is 10.5 Å². The lowest BCUT2D eigenvalue weighted by atomic mass is 9.95. The van der Waals surface area contributed by atoms with Gasteiger partial charge in [0, 0.05) is 11.8 Å². The number of methoxy groups -OCH3 is 1. The third-order valence-electron chi connectivity index (χ3n) is 5.30. The molecule has 0 aromatic heterocycles. The quantitative estimate of drug-likeness (QED) is 0.396. The summed E-state index contributed by atoms with van der Waals surface area (Å²) < 4.78 is 29.1. The van der Waals surface area contributed by atoms with Crippen LogP contribution in [0.4, 0.5) is 0 Å². The Kier molecular flexibility index (Phi) is 5.67. The van der Waals surface area contributed by atoms with Crippen molar-refractivity contribution in [1.29, 1.82) is 0 Å². The van der Waals surface area contributed by atoms with E-state index in [1.807, 2.05) is 24.3 Å². The van der Waals surface area contributed by atoms with Gasteiger partial charge in [0.15, 0.2) is 9.84 Å². The van der Waals surface area contributed by atoms with Crippen LogP contribution in [0, 0.1) is 0 Å². The number of carboxylic acids is 1. The normalized spacial score (nSPS) is 11.5. The number of carbonyl (C=O) groups is 1. The SMILES string of the molecule is COc1ccc(-c2c3cccccc-3c(C(=O)O)c2-c2ccc(S(C)(=O)=O)cc2)cc1Cl. The molecule has 0 amide bonds. The van der Waals surface area contributed by atoms with Gasteiger partial charge >= 0.3 is 5.97 Å². The molecule has 7 heteroatoms. The molecule has 0 fully saturated rings. The number of halogens is 1. The fraction of sp³-hybridized carbons (Fsp3) is 0.0800. The molecule has 0 atom stereocenters. The second kappa shape index (κ2) is 8.30. The molecule has 0 aliphatic heterocycles. The van der Waals surface area contributed by atoms with Crippen molar-refractivity contribution in [1.82, 2.24) is 0 Å². The van der Waals surface area contributed by atoms with Crippen molar-refractivity contribution in [2.75, 3.05) is 13.4 Å². The van der Waals surface area contributed by atoms with E-state index < -0.39 is 15.8 Å². The summed E-state index contributed by atoms with van der Waals surface area (Å²) in [6, 6.07) is 20.6. The fourth-order valence-electron chi connectivity index (χ4n) is 3.88. The summed E-state index contributed by atoms with van der Waals surface area (Å²) in [6.07, 6.45) is 1.13. The molecule has 0 radical (unpaired) electrons. The van der Waals surface area contributed by atoms with Gasteiger partial charge in [-0.25, -0.2) is 13.2 Å². The first-order chi connectivity index (χ1) is 15.2. The number of benzene rings is 2. The van der Waals surface area contributed by atoms with E-state index >= 15 is 0 Å². The summed E-state index contributed by atoms with van der Waals surface area (Å²) in [5.74, 6) is -0.566. The van der Waals surface area contributed by atoms with Crippen LogP contribution in [0.3, 0.4) is 0 Å². The number of carboxylic acid groups (broad SMARTS) is 1. The van der Waals surface area contributed by atoms with Gasteiger partial charge in [-0.15, -0.1) is 0 Å². The number of fused-ring (bicyclic) bond motifs is 1. The summed E-state index contributed by atoms with van der Waals surface area (Å²) >= 11 is 6.39. The van der Waals surface area contributed by atoms with Crippen molar-refractivity contribution in [3.8, 4) is 39.1 Å². The first kappa shape index (κ1) is 21.9. The lowest BCUT2D eigenvalue weighted by Crippen LogP contribution is -1.99. The minimum absolute atomic E-state index is 0.144. The van der Waals surface area contributed by atoms with Crippen molar-refractivity contribution in [2.24, 2.45) is 0 Å². The molecule has 0 heterocycles. The Morgan fingerprint density at radius 3 is 2.06 bits per heavy atom. The molecule has 2 aromatic rings. The van der Waals surface area contributed by atoms with Gasteiger partial charge in [0.2, 0.25) is 0 Å². The summed E-state index contributed by atoms with van der Waals surface area (Å²) in [4.78, 5) is 12.6. The van der Waals surface area contributed by atoms with E-state index in [0.29, 0.717) is 33.0 Å². The number of aromatic carboxylic acids is 1. The topological polar surface area (TPSA) is 80.7 Å². The Bertz CT molecular complexity index is 1410. The minimum Gasteiger partial charge on any atom is -0.495 e. The maximum absolute atomic E-state index is 12.4. The van der Waals surface area contributed by atoms with Crippen LogP contribution in [0.15, 0.2) is 77.7 Å². The van der Waals surface area contributed by atoms with Gasteiger partial charge in [0.1, 0.15) is 5.75 Å². The molecule has 4 rings (SSSR count). The molecular weight excluding hydrogens is 448 g/mol. The molecule has 5 nitrogen and oxygen atoms in total. The largest absolute Gasteiger partial charge is 0.495 e. The average molecular weight is 467 g/mol. The predicted octanol–water partition coefficient (Wildman–Crippen LogP) is 5.89. The van der Waals surface area contributed by atoms with Gasteiger partial charge in [-0.05, 0) is 52.1 Å². The van der Waals surface area contributed by atoms with Crippen LogP contribution >= 0.6 is 11.6 Å². The highest BCUT2D eigenvalue weighted by atomic mass is 35.5. The van der Waals surface area contributed by atoms with Gasteiger partial charge in [-0.3, -0.25) is 0 Å². The third kappa shape index (κ3) is 3.83. The molecule has 1 N–H and O–H groups in total. The Morgan fingerprint density at radius 1 is 0.875 bits per heavy atom. The number of hydrogen-bond acceptors (Lipinski definition) is 4. The molecule has 0 saturated carbocycles. The molecule has 162 valence electrons. The van der Waals surface area contributed by atoms with Crippen LogP contribution in [0.2, 0.25) is 5.02 Å². The zero-order valence-electron chi connectivity index (χ0n) is 17.3. The van der Waals surface area contributed by atoms with Crippen molar-refractivity contribution >= 4 is 27.4 Å². The number of sulfone groups is 1. The van der Waals surface area contributed by atoms with Crippen LogP contribution in [0.1, 0.15) is 10.4 Å². The Labute approximate surface area is 191 Å². The zero-order chi connectivity index (χ0) is 23.0. The molecule has 0 unspecified atom stereocenters. The highest BCUT2D eigenvalue weighted by Crippen LogP contribution is 2.49. The van der Waals surface area contributed by atoms with Crippen LogP contribution < -0.4 is 4.74 Å². The van der Waals surface area contributed by atoms with Crippen molar-refractivity contribution in [2.45, 2.75) is 4.90 Å². The summed E-state index contributed by atoms with van der Waals surface area (Å²) in [5.41, 5.74) is 3.98. The summed E-state index contributed by atoms with van der Waals surface area (Å²) in [6.45, 7) is 0. The lowest BCUT2D eigenvalue weighted by Gasteiger charge is -2.11. The zero-order valence-corrected chi connectivity index (χ0v) is 18.9. The third-order valence-corrected chi connectivity index (χ3v) is 6.73. The number of hydrogen-bond donors (Lipinski definition) is 1. The van der Waals surface area contributed by atoms with Crippen LogP contribution in [-0.4, -0.2) is 32.9 Å². The van der Waals surface area contributed by atoms with E-state index in [2.05, 4.69) is 0 Å². The molecule has 2 aliphatic carbocycles. The maximum atomic E-state index is 12.4. The summed E-state index contributed by atoms with van der Waals surface area (Å²) in [5, 5.41) is 10.5. The molecule has 2 aromatic carbocycles. The van der Waals surface area contributed by atoms with Crippen LogP contribution in [0.25, 0.3) is 33.4 Å². The first-order valence-corrected chi connectivity index (χ1v) is 11.9. The molecule has 0 bridgehead atoms. The van der Waals surface area contributed by atoms with Crippen molar-refractivity contribution in [3.63, 3.8) is 0 Å². The smallest absolute Gasteiger partial charge is 0.336 e. The lowest BCUT2D eigenvalue weighted by molar-refractivity contribution is 0.0699. The van der Waals surface area contributed by atoms with Gasteiger partial charge in [0.05, 0.1) is 22.6 Å². The monoisotopic (exact) mass is 466 g/mol. The van der Waals surface area contributed by atoms with E-state index in [4.69, 9.17) is 16.3 Å². The van der Waals surface area contributed by atoms with E-state index in [9.17, 15) is 18.3 Å². The maximum Gasteiger partial charge on any atom is 0.336 e. The minimum atomic E-state index is -3.39. The van der Waals surface area contributed by atoms with Gasteiger partial charge in [-0.2, -0.15) is 0 Å². The molecular formula is C25H19ClO5S. The van der Waals surface area contributed by atoms with E-state index in [0.717, 1.165) is 17.4 Å². The van der Waals surface area contributed by atoms with Crippen molar-refractivity contribution < 1.29 is 23.1 Å².